The minimum absolute atomic E-state index is 0.179. The number of nitrogens with zero attached hydrogens (tertiary/aromatic N) is 3. The molecule has 0 N–H and O–H groups in total. The van der Waals surface area contributed by atoms with Crippen molar-refractivity contribution in [3.05, 3.63) is 22.9 Å². The van der Waals surface area contributed by atoms with E-state index in [1.807, 2.05) is 11.0 Å². The quantitative estimate of drug-likeness (QED) is 0.872. The Hall–Kier alpha value is -1.69. The Bertz CT molecular complexity index is 689. The van der Waals surface area contributed by atoms with E-state index in [4.69, 9.17) is 4.42 Å². The number of amides is 1. The first kappa shape index (κ1) is 13.9. The molecule has 22 heavy (non-hydrogen) atoms. The van der Waals surface area contributed by atoms with E-state index in [2.05, 4.69) is 23.2 Å². The van der Waals surface area contributed by atoms with E-state index in [1.54, 1.807) is 11.3 Å². The van der Waals surface area contributed by atoms with Crippen LogP contribution in [0.15, 0.2) is 16.5 Å². The van der Waals surface area contributed by atoms with Gasteiger partial charge in [0.25, 0.3) is 5.89 Å². The highest BCUT2D eigenvalue weighted by molar-refractivity contribution is 7.15. The largest absolute Gasteiger partial charge is 0.420 e. The number of likely N-dealkylation sites (tertiary alicyclic amines) is 1. The molecule has 0 aromatic carbocycles. The van der Waals surface area contributed by atoms with Gasteiger partial charge in [0.15, 0.2) is 0 Å². The summed E-state index contributed by atoms with van der Waals surface area (Å²) in [6.07, 6.45) is 4.14. The number of carbonyl (C=O) groups is 1. The van der Waals surface area contributed by atoms with E-state index in [0.717, 1.165) is 43.6 Å². The summed E-state index contributed by atoms with van der Waals surface area (Å²) in [6.45, 7) is 3.66. The van der Waals surface area contributed by atoms with Crippen LogP contribution in [-0.2, 0) is 4.79 Å². The molecule has 2 aromatic heterocycles. The second-order valence-corrected chi connectivity index (χ2v) is 7.54. The average molecular weight is 317 g/mol. The highest BCUT2D eigenvalue weighted by atomic mass is 32.1. The van der Waals surface area contributed by atoms with Gasteiger partial charge in [-0.2, -0.15) is 0 Å². The summed E-state index contributed by atoms with van der Waals surface area (Å²) in [5, 5.41) is 8.41. The molecule has 2 fully saturated rings. The lowest BCUT2D eigenvalue weighted by atomic mass is 9.97. The van der Waals surface area contributed by atoms with E-state index in [0.29, 0.717) is 17.7 Å². The SMILES string of the molecule is Cc1ccc(-c2nnc(C3CCCN(C(=O)C4CC4)C3)o2)s1. The van der Waals surface area contributed by atoms with Crippen LogP contribution in [0.5, 0.6) is 0 Å². The Morgan fingerprint density at radius 3 is 2.91 bits per heavy atom. The Kier molecular flexibility index (Phi) is 3.48. The van der Waals surface area contributed by atoms with Gasteiger partial charge < -0.3 is 9.32 Å². The smallest absolute Gasteiger partial charge is 0.257 e. The van der Waals surface area contributed by atoms with Crippen LogP contribution in [0, 0.1) is 12.8 Å². The average Bonchev–Trinajstić information content (AvgIpc) is 3.10. The van der Waals surface area contributed by atoms with Crippen molar-refractivity contribution in [3.63, 3.8) is 0 Å². The van der Waals surface area contributed by atoms with Gasteiger partial charge in [0.1, 0.15) is 0 Å². The molecule has 2 aromatic rings. The Morgan fingerprint density at radius 2 is 2.18 bits per heavy atom. The molecule has 1 unspecified atom stereocenters. The number of thiophene rings is 1. The van der Waals surface area contributed by atoms with E-state index in [-0.39, 0.29) is 11.8 Å². The molecule has 0 spiro atoms. The minimum atomic E-state index is 0.179. The maximum atomic E-state index is 12.2. The fourth-order valence-corrected chi connectivity index (χ4v) is 3.80. The first-order chi connectivity index (χ1) is 10.7. The fourth-order valence-electron chi connectivity index (χ4n) is 3.02. The number of hydrogen-bond acceptors (Lipinski definition) is 5. The minimum Gasteiger partial charge on any atom is -0.420 e. The van der Waals surface area contributed by atoms with Crippen molar-refractivity contribution < 1.29 is 9.21 Å². The van der Waals surface area contributed by atoms with Crippen LogP contribution in [0.2, 0.25) is 0 Å². The lowest BCUT2D eigenvalue weighted by molar-refractivity contribution is -0.133. The van der Waals surface area contributed by atoms with Crippen LogP contribution < -0.4 is 0 Å². The summed E-state index contributed by atoms with van der Waals surface area (Å²) in [6, 6.07) is 4.07. The van der Waals surface area contributed by atoms with Crippen LogP contribution in [0.1, 0.15) is 42.4 Å². The lowest BCUT2D eigenvalue weighted by Crippen LogP contribution is -2.40. The monoisotopic (exact) mass is 317 g/mol. The van der Waals surface area contributed by atoms with Crippen LogP contribution in [0.3, 0.4) is 0 Å². The third-order valence-electron chi connectivity index (χ3n) is 4.40. The summed E-state index contributed by atoms with van der Waals surface area (Å²) in [4.78, 5) is 16.5. The standard InChI is InChI=1S/C16H19N3O2S/c1-10-4-7-13(22-10)15-18-17-14(21-15)12-3-2-8-19(9-12)16(20)11-5-6-11/h4,7,11-12H,2-3,5-6,8-9H2,1H3. The summed E-state index contributed by atoms with van der Waals surface area (Å²) < 4.78 is 5.88. The van der Waals surface area contributed by atoms with E-state index < -0.39 is 0 Å². The number of carbonyl (C=O) groups excluding carboxylic acids is 1. The molecule has 2 aliphatic rings. The lowest BCUT2D eigenvalue weighted by Gasteiger charge is -2.31. The van der Waals surface area contributed by atoms with Crippen molar-refractivity contribution in [2.45, 2.75) is 38.5 Å². The van der Waals surface area contributed by atoms with Gasteiger partial charge >= 0.3 is 0 Å². The molecule has 1 aliphatic heterocycles. The number of hydrogen-bond donors (Lipinski definition) is 0. The molecule has 0 radical (unpaired) electrons. The molecular formula is C16H19N3O2S. The molecule has 6 heteroatoms. The van der Waals surface area contributed by atoms with Gasteiger partial charge in [-0.15, -0.1) is 21.5 Å². The van der Waals surface area contributed by atoms with Crippen molar-refractivity contribution in [2.75, 3.05) is 13.1 Å². The molecule has 3 heterocycles. The molecule has 4 rings (SSSR count). The van der Waals surface area contributed by atoms with Gasteiger partial charge in [0.2, 0.25) is 11.8 Å². The van der Waals surface area contributed by atoms with Gasteiger partial charge in [0, 0.05) is 23.9 Å². The van der Waals surface area contributed by atoms with Gasteiger partial charge in [-0.1, -0.05) is 0 Å². The van der Waals surface area contributed by atoms with Crippen molar-refractivity contribution >= 4 is 17.2 Å². The topological polar surface area (TPSA) is 59.2 Å². The normalized spacial score (nSPS) is 22.0. The first-order valence-electron chi connectivity index (χ1n) is 7.89. The van der Waals surface area contributed by atoms with Gasteiger partial charge in [-0.05, 0) is 44.7 Å². The predicted octanol–water partition coefficient (Wildman–Crippen LogP) is 3.22. The van der Waals surface area contributed by atoms with Crippen LogP contribution in [0.25, 0.3) is 10.8 Å². The predicted molar refractivity (Wildman–Crippen MR) is 83.6 cm³/mol. The number of rotatable bonds is 3. The Labute approximate surface area is 133 Å². The highest BCUT2D eigenvalue weighted by Gasteiger charge is 2.36. The number of aryl methyl sites for hydroxylation is 1. The molecule has 1 amide bonds. The maximum Gasteiger partial charge on any atom is 0.257 e. The van der Waals surface area contributed by atoms with Crippen LogP contribution in [-0.4, -0.2) is 34.1 Å². The van der Waals surface area contributed by atoms with E-state index in [9.17, 15) is 4.79 Å². The van der Waals surface area contributed by atoms with Crippen molar-refractivity contribution in [1.82, 2.24) is 15.1 Å². The first-order valence-corrected chi connectivity index (χ1v) is 8.71. The molecule has 1 saturated heterocycles. The maximum absolute atomic E-state index is 12.2. The zero-order valence-corrected chi connectivity index (χ0v) is 13.4. The van der Waals surface area contributed by atoms with E-state index >= 15 is 0 Å². The summed E-state index contributed by atoms with van der Waals surface area (Å²) in [7, 11) is 0. The van der Waals surface area contributed by atoms with Gasteiger partial charge in [-0.3, -0.25) is 4.79 Å². The van der Waals surface area contributed by atoms with Crippen molar-refractivity contribution in [1.29, 1.82) is 0 Å². The third kappa shape index (κ3) is 2.67. The van der Waals surface area contributed by atoms with Crippen molar-refractivity contribution in [2.24, 2.45) is 5.92 Å². The van der Waals surface area contributed by atoms with E-state index in [1.165, 1.54) is 4.88 Å². The third-order valence-corrected chi connectivity index (χ3v) is 5.39. The molecule has 1 saturated carbocycles. The number of aromatic nitrogens is 2. The highest BCUT2D eigenvalue weighted by Crippen LogP contribution is 2.35. The zero-order chi connectivity index (χ0) is 15.1. The van der Waals surface area contributed by atoms with Gasteiger partial charge in [0.05, 0.1) is 10.8 Å². The van der Waals surface area contributed by atoms with Crippen LogP contribution in [0.4, 0.5) is 0 Å². The second-order valence-electron chi connectivity index (χ2n) is 6.25. The molecule has 1 atom stereocenters. The second kappa shape index (κ2) is 5.50. The summed E-state index contributed by atoms with van der Waals surface area (Å²) in [5.74, 6) is 2.05. The Morgan fingerprint density at radius 1 is 1.32 bits per heavy atom. The molecule has 1 aliphatic carbocycles. The summed E-state index contributed by atoms with van der Waals surface area (Å²) >= 11 is 1.66. The molecule has 5 nitrogen and oxygen atoms in total. The van der Waals surface area contributed by atoms with Crippen LogP contribution >= 0.6 is 11.3 Å². The van der Waals surface area contributed by atoms with Gasteiger partial charge in [-0.25, -0.2) is 0 Å². The Balaban J connectivity index is 1.49. The van der Waals surface area contributed by atoms with Crippen molar-refractivity contribution in [3.8, 4) is 10.8 Å². The molecule has 0 bridgehead atoms. The fraction of sp³-hybridized carbons (Fsp3) is 0.562. The summed E-state index contributed by atoms with van der Waals surface area (Å²) in [5.41, 5.74) is 0. The molecule has 116 valence electrons. The number of piperidine rings is 1. The zero-order valence-electron chi connectivity index (χ0n) is 12.6. The molecular weight excluding hydrogens is 298 g/mol.